The molecule has 1 aromatic heterocycles. The van der Waals surface area contributed by atoms with Gasteiger partial charge in [0.25, 0.3) is 0 Å². The second-order valence-corrected chi connectivity index (χ2v) is 5.53. The molecule has 5 heteroatoms. The fraction of sp³-hybridized carbons (Fsp3) is 0.316. The first-order chi connectivity index (χ1) is 11.4. The summed E-state index contributed by atoms with van der Waals surface area (Å²) < 4.78 is 5.09. The van der Waals surface area contributed by atoms with Gasteiger partial charge in [0, 0.05) is 11.3 Å². The summed E-state index contributed by atoms with van der Waals surface area (Å²) in [5, 5.41) is 9.74. The highest BCUT2D eigenvalue weighted by atomic mass is 16.5. The lowest BCUT2D eigenvalue weighted by Crippen LogP contribution is -2.16. The van der Waals surface area contributed by atoms with Crippen LogP contribution in [0.4, 0.5) is 0 Å². The second kappa shape index (κ2) is 7.25. The molecule has 0 aliphatic rings. The number of rotatable bonds is 5. The predicted molar refractivity (Wildman–Crippen MR) is 91.4 cm³/mol. The molecular formula is C19H21NO4. The molecule has 2 aromatic rings. The van der Waals surface area contributed by atoms with Gasteiger partial charge in [-0.15, -0.1) is 0 Å². The minimum absolute atomic E-state index is 0.0561. The van der Waals surface area contributed by atoms with Crippen molar-refractivity contribution >= 4 is 11.9 Å². The van der Waals surface area contributed by atoms with Crippen LogP contribution >= 0.6 is 0 Å². The summed E-state index contributed by atoms with van der Waals surface area (Å²) in [6.45, 7) is 7.45. The molecule has 1 aromatic carbocycles. The van der Waals surface area contributed by atoms with Crippen LogP contribution in [0, 0.1) is 13.8 Å². The first-order valence-electron chi connectivity index (χ1n) is 7.91. The molecule has 1 N–H and O–H groups in total. The van der Waals surface area contributed by atoms with Crippen LogP contribution in [-0.2, 0) is 11.2 Å². The van der Waals surface area contributed by atoms with Crippen molar-refractivity contribution in [3.63, 3.8) is 0 Å². The third-order valence-electron chi connectivity index (χ3n) is 3.90. The summed E-state index contributed by atoms with van der Waals surface area (Å²) in [5.41, 5.74) is 3.33. The van der Waals surface area contributed by atoms with E-state index in [0.717, 1.165) is 5.56 Å². The predicted octanol–water partition coefficient (Wildman–Crippen LogP) is 3.80. The van der Waals surface area contributed by atoms with Gasteiger partial charge in [0.15, 0.2) is 5.69 Å². The van der Waals surface area contributed by atoms with Crippen molar-refractivity contribution in [3.05, 3.63) is 52.3 Å². The highest BCUT2D eigenvalue weighted by Gasteiger charge is 2.26. The Morgan fingerprint density at radius 2 is 1.75 bits per heavy atom. The fourth-order valence-electron chi connectivity index (χ4n) is 2.68. The van der Waals surface area contributed by atoms with E-state index in [1.165, 1.54) is 0 Å². The molecule has 126 valence electrons. The monoisotopic (exact) mass is 327 g/mol. The number of benzene rings is 1. The molecule has 0 aliphatic heterocycles. The number of esters is 1. The van der Waals surface area contributed by atoms with Gasteiger partial charge < -0.3 is 9.84 Å². The van der Waals surface area contributed by atoms with Crippen molar-refractivity contribution in [3.8, 4) is 11.1 Å². The van der Waals surface area contributed by atoms with E-state index < -0.39 is 11.9 Å². The summed E-state index contributed by atoms with van der Waals surface area (Å²) in [6.07, 6.45) is 0.534. The number of carboxylic acid groups (broad SMARTS) is 1. The number of hydrogen-bond donors (Lipinski definition) is 1. The Morgan fingerprint density at radius 1 is 1.12 bits per heavy atom. The van der Waals surface area contributed by atoms with E-state index >= 15 is 0 Å². The molecule has 0 aliphatic carbocycles. The van der Waals surface area contributed by atoms with E-state index in [2.05, 4.69) is 4.98 Å². The number of carboxylic acids is 1. The lowest BCUT2D eigenvalue weighted by molar-refractivity contribution is 0.0520. The normalized spacial score (nSPS) is 10.5. The van der Waals surface area contributed by atoms with Crippen molar-refractivity contribution < 1.29 is 19.4 Å². The Balaban J connectivity index is 2.85. The summed E-state index contributed by atoms with van der Waals surface area (Å²) in [6, 6.07) is 7.34. The minimum Gasteiger partial charge on any atom is -0.478 e. The molecule has 5 nitrogen and oxygen atoms in total. The SMILES string of the molecule is CCOC(=O)c1nc(CC)c(C)c(C(=O)O)c1-c1ccc(C)cc1. The Bertz CT molecular complexity index is 779. The van der Waals surface area contributed by atoms with Crippen LogP contribution in [-0.4, -0.2) is 28.6 Å². The van der Waals surface area contributed by atoms with Gasteiger partial charge in [-0.1, -0.05) is 36.8 Å². The van der Waals surface area contributed by atoms with Crippen molar-refractivity contribution in [1.82, 2.24) is 4.98 Å². The third kappa shape index (κ3) is 3.30. The van der Waals surface area contributed by atoms with Gasteiger partial charge in [-0.05, 0) is 38.3 Å². The first-order valence-corrected chi connectivity index (χ1v) is 7.91. The van der Waals surface area contributed by atoms with E-state index in [0.29, 0.717) is 28.8 Å². The minimum atomic E-state index is -1.08. The van der Waals surface area contributed by atoms with E-state index in [1.807, 2.05) is 26.0 Å². The molecule has 0 atom stereocenters. The van der Waals surface area contributed by atoms with Gasteiger partial charge in [-0.2, -0.15) is 0 Å². The second-order valence-electron chi connectivity index (χ2n) is 5.53. The maximum atomic E-state index is 12.4. The average Bonchev–Trinajstić information content (AvgIpc) is 2.55. The molecule has 2 rings (SSSR count). The lowest BCUT2D eigenvalue weighted by Gasteiger charge is -2.16. The highest BCUT2D eigenvalue weighted by Crippen LogP contribution is 2.31. The number of aromatic carboxylic acids is 1. The Labute approximate surface area is 141 Å². The zero-order valence-corrected chi connectivity index (χ0v) is 14.3. The topological polar surface area (TPSA) is 76.5 Å². The van der Waals surface area contributed by atoms with E-state index in [9.17, 15) is 14.7 Å². The molecule has 0 saturated carbocycles. The average molecular weight is 327 g/mol. The molecule has 1 heterocycles. The van der Waals surface area contributed by atoms with Crippen LogP contribution in [0.25, 0.3) is 11.1 Å². The zero-order valence-electron chi connectivity index (χ0n) is 14.3. The van der Waals surface area contributed by atoms with E-state index in [-0.39, 0.29) is 17.9 Å². The van der Waals surface area contributed by atoms with Gasteiger partial charge in [0.2, 0.25) is 0 Å². The molecule has 0 amide bonds. The van der Waals surface area contributed by atoms with Crippen LogP contribution in [0.5, 0.6) is 0 Å². The number of aromatic nitrogens is 1. The first kappa shape index (κ1) is 17.7. The van der Waals surface area contributed by atoms with Crippen LogP contribution in [0.15, 0.2) is 24.3 Å². The molecule has 0 bridgehead atoms. The molecule has 0 unspecified atom stereocenters. The Hall–Kier alpha value is -2.69. The van der Waals surface area contributed by atoms with Gasteiger partial charge >= 0.3 is 11.9 Å². The maximum Gasteiger partial charge on any atom is 0.357 e. The van der Waals surface area contributed by atoms with Crippen molar-refractivity contribution in [2.75, 3.05) is 6.61 Å². The van der Waals surface area contributed by atoms with E-state index in [4.69, 9.17) is 4.74 Å². The lowest BCUT2D eigenvalue weighted by atomic mass is 9.92. The number of carbonyl (C=O) groups is 2. The summed E-state index contributed by atoms with van der Waals surface area (Å²) in [5.74, 6) is -1.68. The number of nitrogens with zero attached hydrogens (tertiary/aromatic N) is 1. The Kier molecular flexibility index (Phi) is 5.34. The van der Waals surface area contributed by atoms with Gasteiger partial charge in [0.1, 0.15) is 0 Å². The molecule has 0 fully saturated rings. The summed E-state index contributed by atoms with van der Waals surface area (Å²) in [7, 11) is 0. The highest BCUT2D eigenvalue weighted by molar-refractivity contribution is 6.05. The quantitative estimate of drug-likeness (QED) is 0.845. The van der Waals surface area contributed by atoms with Crippen LogP contribution in [0.1, 0.15) is 51.5 Å². The van der Waals surface area contributed by atoms with E-state index in [1.54, 1.807) is 26.0 Å². The van der Waals surface area contributed by atoms with Crippen LogP contribution < -0.4 is 0 Å². The van der Waals surface area contributed by atoms with Crippen molar-refractivity contribution in [2.45, 2.75) is 34.1 Å². The molecule has 0 saturated heterocycles. The number of hydrogen-bond acceptors (Lipinski definition) is 4. The van der Waals surface area contributed by atoms with Crippen molar-refractivity contribution in [1.29, 1.82) is 0 Å². The fourth-order valence-corrected chi connectivity index (χ4v) is 2.68. The summed E-state index contributed by atoms with van der Waals surface area (Å²) in [4.78, 5) is 28.7. The number of pyridine rings is 1. The standard InChI is InChI=1S/C19H21NO4/c1-5-14-12(4)15(18(21)22)16(13-9-7-11(3)8-10-13)17(20-14)19(23)24-6-2/h7-10H,5-6H2,1-4H3,(H,21,22). The smallest absolute Gasteiger partial charge is 0.357 e. The maximum absolute atomic E-state index is 12.4. The molecule has 24 heavy (non-hydrogen) atoms. The van der Waals surface area contributed by atoms with Gasteiger partial charge in [-0.25, -0.2) is 14.6 Å². The largest absolute Gasteiger partial charge is 0.478 e. The van der Waals surface area contributed by atoms with Crippen molar-refractivity contribution in [2.24, 2.45) is 0 Å². The Morgan fingerprint density at radius 3 is 2.25 bits per heavy atom. The van der Waals surface area contributed by atoms with Crippen LogP contribution in [0.2, 0.25) is 0 Å². The number of carbonyl (C=O) groups excluding carboxylic acids is 1. The zero-order chi connectivity index (χ0) is 17.9. The molecular weight excluding hydrogens is 306 g/mol. The van der Waals surface area contributed by atoms with Crippen LogP contribution in [0.3, 0.4) is 0 Å². The number of ether oxygens (including phenoxy) is 1. The molecule has 0 spiro atoms. The van der Waals surface area contributed by atoms with Gasteiger partial charge in [-0.3, -0.25) is 0 Å². The van der Waals surface area contributed by atoms with Gasteiger partial charge in [0.05, 0.1) is 12.2 Å². The third-order valence-corrected chi connectivity index (χ3v) is 3.90. The number of aryl methyl sites for hydroxylation is 2. The summed E-state index contributed by atoms with van der Waals surface area (Å²) >= 11 is 0. The molecule has 0 radical (unpaired) electrons.